The molecule has 2 fully saturated rings. The number of halogens is 1. The molecule has 26 heavy (non-hydrogen) atoms. The summed E-state index contributed by atoms with van der Waals surface area (Å²) in [4.78, 5) is 9.43. The van der Waals surface area contributed by atoms with E-state index < -0.39 is 0 Å². The maximum Gasteiger partial charge on any atom is 0.191 e. The smallest absolute Gasteiger partial charge is 0.191 e. The minimum Gasteiger partial charge on any atom is -0.356 e. The van der Waals surface area contributed by atoms with Crippen LogP contribution in [0.15, 0.2) is 4.99 Å². The Morgan fingerprint density at radius 1 is 1.04 bits per heavy atom. The van der Waals surface area contributed by atoms with Crippen molar-refractivity contribution in [3.05, 3.63) is 0 Å². The van der Waals surface area contributed by atoms with Crippen molar-refractivity contribution in [3.63, 3.8) is 0 Å². The first-order chi connectivity index (χ1) is 12.1. The molecule has 0 aromatic carbocycles. The summed E-state index contributed by atoms with van der Waals surface area (Å²) in [7, 11) is 4.11. The summed E-state index contributed by atoms with van der Waals surface area (Å²) in [5.74, 6) is 2.74. The maximum absolute atomic E-state index is 4.41. The van der Waals surface area contributed by atoms with Gasteiger partial charge >= 0.3 is 0 Å². The molecule has 5 nitrogen and oxygen atoms in total. The van der Waals surface area contributed by atoms with Crippen molar-refractivity contribution in [2.45, 2.75) is 58.4 Å². The highest BCUT2D eigenvalue weighted by atomic mass is 127. The molecular weight excluding hydrogens is 437 g/mol. The highest BCUT2D eigenvalue weighted by Crippen LogP contribution is 2.29. The lowest BCUT2D eigenvalue weighted by molar-refractivity contribution is 0.152. The van der Waals surface area contributed by atoms with Crippen LogP contribution in [0.1, 0.15) is 52.4 Å². The molecule has 1 saturated carbocycles. The molecule has 1 aliphatic carbocycles. The molecule has 0 aromatic rings. The molecule has 154 valence electrons. The molecule has 2 rings (SSSR count). The minimum atomic E-state index is 0. The number of piperazine rings is 1. The van der Waals surface area contributed by atoms with E-state index in [9.17, 15) is 0 Å². The molecule has 2 N–H and O–H groups in total. The van der Waals surface area contributed by atoms with Crippen LogP contribution in [0.2, 0.25) is 0 Å². The standard InChI is InChI=1S/C20H41N5.HI/c1-17(2)18-7-9-19(10-8-18)23-20(21-3)22-11-5-6-12-25-15-13-24(4)14-16-25;/h17-19H,5-16H2,1-4H3,(H2,21,22,23);1H. The van der Waals surface area contributed by atoms with Gasteiger partial charge in [0.25, 0.3) is 0 Å². The Bertz CT molecular complexity index is 386. The molecule has 0 spiro atoms. The van der Waals surface area contributed by atoms with Crippen molar-refractivity contribution in [2.75, 3.05) is 53.4 Å². The third kappa shape index (κ3) is 8.74. The van der Waals surface area contributed by atoms with Gasteiger partial charge in [-0.2, -0.15) is 0 Å². The van der Waals surface area contributed by atoms with E-state index in [1.807, 2.05) is 7.05 Å². The van der Waals surface area contributed by atoms with E-state index in [4.69, 9.17) is 0 Å². The lowest BCUT2D eigenvalue weighted by Crippen LogP contribution is -2.46. The van der Waals surface area contributed by atoms with Gasteiger partial charge in [-0.25, -0.2) is 0 Å². The molecule has 0 radical (unpaired) electrons. The van der Waals surface area contributed by atoms with E-state index in [-0.39, 0.29) is 24.0 Å². The molecule has 0 atom stereocenters. The number of guanidine groups is 1. The number of nitrogens with zero attached hydrogens (tertiary/aromatic N) is 3. The van der Waals surface area contributed by atoms with E-state index in [0.29, 0.717) is 6.04 Å². The van der Waals surface area contributed by atoms with Crippen molar-refractivity contribution < 1.29 is 0 Å². The topological polar surface area (TPSA) is 42.9 Å². The van der Waals surface area contributed by atoms with Gasteiger partial charge in [-0.3, -0.25) is 4.99 Å². The van der Waals surface area contributed by atoms with Crippen molar-refractivity contribution in [3.8, 4) is 0 Å². The van der Waals surface area contributed by atoms with Crippen LogP contribution in [0.5, 0.6) is 0 Å². The van der Waals surface area contributed by atoms with Crippen LogP contribution in [-0.4, -0.2) is 75.2 Å². The number of aliphatic imine (C=N–C) groups is 1. The predicted octanol–water partition coefficient (Wildman–Crippen LogP) is 3.01. The fraction of sp³-hybridized carbons (Fsp3) is 0.950. The average Bonchev–Trinajstić information content (AvgIpc) is 2.62. The molecular formula is C20H42IN5. The van der Waals surface area contributed by atoms with Gasteiger partial charge in [0, 0.05) is 45.8 Å². The van der Waals surface area contributed by atoms with Crippen LogP contribution in [0.3, 0.4) is 0 Å². The van der Waals surface area contributed by atoms with Crippen LogP contribution in [0.25, 0.3) is 0 Å². The Morgan fingerprint density at radius 3 is 2.27 bits per heavy atom. The van der Waals surface area contributed by atoms with E-state index in [1.54, 1.807) is 0 Å². The third-order valence-corrected chi connectivity index (χ3v) is 6.07. The first-order valence-electron chi connectivity index (χ1n) is 10.5. The summed E-state index contributed by atoms with van der Waals surface area (Å²) in [6, 6.07) is 0.603. The second-order valence-corrected chi connectivity index (χ2v) is 8.35. The van der Waals surface area contributed by atoms with Crippen LogP contribution < -0.4 is 10.6 Å². The zero-order chi connectivity index (χ0) is 18.1. The third-order valence-electron chi connectivity index (χ3n) is 6.07. The second kappa shape index (κ2) is 13.2. The van der Waals surface area contributed by atoms with Gasteiger partial charge < -0.3 is 20.4 Å². The Morgan fingerprint density at radius 2 is 1.69 bits per heavy atom. The van der Waals surface area contributed by atoms with Crippen molar-refractivity contribution in [1.29, 1.82) is 0 Å². The summed E-state index contributed by atoms with van der Waals surface area (Å²) in [6.07, 6.45) is 7.77. The zero-order valence-electron chi connectivity index (χ0n) is 17.5. The number of unbranched alkanes of at least 4 members (excludes halogenated alkanes) is 1. The van der Waals surface area contributed by atoms with Gasteiger partial charge in [0.2, 0.25) is 0 Å². The largest absolute Gasteiger partial charge is 0.356 e. The predicted molar refractivity (Wildman–Crippen MR) is 124 cm³/mol. The summed E-state index contributed by atoms with van der Waals surface area (Å²) < 4.78 is 0. The molecule has 0 bridgehead atoms. The molecule has 0 aromatic heterocycles. The number of rotatable bonds is 7. The van der Waals surface area contributed by atoms with Crippen molar-refractivity contribution in [2.24, 2.45) is 16.8 Å². The van der Waals surface area contributed by atoms with Gasteiger partial charge in [-0.05, 0) is 64.0 Å². The van der Waals surface area contributed by atoms with Gasteiger partial charge in [-0.1, -0.05) is 13.8 Å². The number of likely N-dealkylation sites (N-methyl/N-ethyl adjacent to an activating group) is 1. The highest BCUT2D eigenvalue weighted by molar-refractivity contribution is 14.0. The van der Waals surface area contributed by atoms with Crippen molar-refractivity contribution in [1.82, 2.24) is 20.4 Å². The minimum absolute atomic E-state index is 0. The summed E-state index contributed by atoms with van der Waals surface area (Å²) in [5, 5.41) is 7.14. The Labute approximate surface area is 178 Å². The molecule has 0 amide bonds. The monoisotopic (exact) mass is 479 g/mol. The van der Waals surface area contributed by atoms with E-state index in [0.717, 1.165) is 24.3 Å². The van der Waals surface area contributed by atoms with Crippen molar-refractivity contribution >= 4 is 29.9 Å². The van der Waals surface area contributed by atoms with E-state index >= 15 is 0 Å². The second-order valence-electron chi connectivity index (χ2n) is 8.35. The van der Waals surface area contributed by atoms with Crippen LogP contribution in [0, 0.1) is 11.8 Å². The normalized spacial score (nSPS) is 25.8. The number of hydrogen-bond donors (Lipinski definition) is 2. The molecule has 1 heterocycles. The highest BCUT2D eigenvalue weighted by Gasteiger charge is 2.23. The van der Waals surface area contributed by atoms with Gasteiger partial charge in [0.1, 0.15) is 0 Å². The first-order valence-corrected chi connectivity index (χ1v) is 10.5. The molecule has 2 aliphatic rings. The van der Waals surface area contributed by atoms with Crippen LogP contribution in [0.4, 0.5) is 0 Å². The zero-order valence-corrected chi connectivity index (χ0v) is 19.8. The lowest BCUT2D eigenvalue weighted by Gasteiger charge is -2.32. The SMILES string of the molecule is CN=C(NCCCCN1CCN(C)CC1)NC1CCC(C(C)C)CC1.I. The van der Waals surface area contributed by atoms with E-state index in [1.165, 1.54) is 71.2 Å². The molecule has 0 unspecified atom stereocenters. The maximum atomic E-state index is 4.41. The Kier molecular flexibility index (Phi) is 12.1. The summed E-state index contributed by atoms with van der Waals surface area (Å²) >= 11 is 0. The summed E-state index contributed by atoms with van der Waals surface area (Å²) in [5.41, 5.74) is 0. The number of hydrogen-bond acceptors (Lipinski definition) is 3. The molecule has 1 saturated heterocycles. The Balaban J connectivity index is 0.00000338. The quantitative estimate of drug-likeness (QED) is 0.255. The number of nitrogens with one attached hydrogen (secondary N) is 2. The fourth-order valence-electron chi connectivity index (χ4n) is 4.06. The van der Waals surface area contributed by atoms with Gasteiger partial charge in [0.15, 0.2) is 5.96 Å². The van der Waals surface area contributed by atoms with Gasteiger partial charge in [0.05, 0.1) is 0 Å². The van der Waals surface area contributed by atoms with Gasteiger partial charge in [-0.15, -0.1) is 24.0 Å². The molecule has 1 aliphatic heterocycles. The average molecular weight is 479 g/mol. The van der Waals surface area contributed by atoms with Crippen LogP contribution >= 0.6 is 24.0 Å². The first kappa shape index (κ1) is 24.0. The molecule has 6 heteroatoms. The van der Waals surface area contributed by atoms with E-state index in [2.05, 4.69) is 46.3 Å². The van der Waals surface area contributed by atoms with Crippen LogP contribution in [-0.2, 0) is 0 Å². The summed E-state index contributed by atoms with van der Waals surface area (Å²) in [6.45, 7) is 11.9. The lowest BCUT2D eigenvalue weighted by atomic mass is 9.80. The Hall–Kier alpha value is -0.0800. The fourth-order valence-corrected chi connectivity index (χ4v) is 4.06.